The molecule has 3 aromatic rings. The molecule has 0 bridgehead atoms. The van der Waals surface area contributed by atoms with Gasteiger partial charge < -0.3 is 5.32 Å². The predicted molar refractivity (Wildman–Crippen MR) is 111 cm³/mol. The summed E-state index contributed by atoms with van der Waals surface area (Å²) in [5.74, 6) is -0.452. The Balaban J connectivity index is 1.85. The molecule has 3 rings (SSSR count). The van der Waals surface area contributed by atoms with Gasteiger partial charge in [-0.1, -0.05) is 48.5 Å². The van der Waals surface area contributed by atoms with Gasteiger partial charge in [0.05, 0.1) is 24.4 Å². The van der Waals surface area contributed by atoms with Crippen LogP contribution in [0.5, 0.6) is 0 Å². The van der Waals surface area contributed by atoms with Crippen molar-refractivity contribution in [3.8, 4) is 6.07 Å². The molecule has 6 nitrogen and oxygen atoms in total. The molecule has 7 heteroatoms. The number of carbonyl (C=O) groups excluding carboxylic acids is 1. The molecule has 0 atom stereocenters. The van der Waals surface area contributed by atoms with Gasteiger partial charge in [0, 0.05) is 11.1 Å². The van der Waals surface area contributed by atoms with Crippen molar-refractivity contribution in [2.45, 2.75) is 6.42 Å². The Labute approximate surface area is 164 Å². The van der Waals surface area contributed by atoms with Crippen LogP contribution in [-0.2, 0) is 21.2 Å². The first kappa shape index (κ1) is 19.4. The molecule has 1 N–H and O–H groups in total. The highest BCUT2D eigenvalue weighted by atomic mass is 32.2. The average molecular weight is 393 g/mol. The number of nitrogens with zero attached hydrogens (tertiary/aromatic N) is 2. The van der Waals surface area contributed by atoms with E-state index in [9.17, 15) is 13.2 Å². The number of sulfonamides is 1. The summed E-state index contributed by atoms with van der Waals surface area (Å²) in [6, 6.07) is 21.7. The molecular weight excluding hydrogens is 374 g/mol. The average Bonchev–Trinajstić information content (AvgIpc) is 2.67. The summed E-state index contributed by atoms with van der Waals surface area (Å²) in [5.41, 5.74) is 1.84. The van der Waals surface area contributed by atoms with Crippen molar-refractivity contribution in [1.29, 1.82) is 5.26 Å². The first-order valence-electron chi connectivity index (χ1n) is 8.60. The zero-order chi connectivity index (χ0) is 20.1. The Bertz CT molecular complexity index is 1140. The number of benzene rings is 3. The van der Waals surface area contributed by atoms with Gasteiger partial charge >= 0.3 is 0 Å². The molecule has 0 spiro atoms. The number of hydrogen-bond acceptors (Lipinski definition) is 4. The fourth-order valence-corrected chi connectivity index (χ4v) is 3.80. The Morgan fingerprint density at radius 2 is 1.71 bits per heavy atom. The molecule has 0 aliphatic rings. The fourth-order valence-electron chi connectivity index (χ4n) is 2.94. The van der Waals surface area contributed by atoms with E-state index in [4.69, 9.17) is 5.26 Å². The Kier molecular flexibility index (Phi) is 5.62. The number of anilines is 2. The van der Waals surface area contributed by atoms with Crippen LogP contribution in [0.1, 0.15) is 5.56 Å². The van der Waals surface area contributed by atoms with E-state index in [1.54, 1.807) is 36.4 Å². The van der Waals surface area contributed by atoms with Crippen molar-refractivity contribution >= 4 is 38.1 Å². The standard InChI is InChI=1S/C21H19N3O3S/c1-28(26,27)24(20-8-4-6-17-5-2-3-7-19(17)20)15-21(25)23-18-11-9-16(10-12-18)13-14-22/h2-12H,13,15H2,1H3,(H,23,25). The largest absolute Gasteiger partial charge is 0.325 e. The van der Waals surface area contributed by atoms with Gasteiger partial charge in [-0.2, -0.15) is 5.26 Å². The van der Waals surface area contributed by atoms with E-state index in [-0.39, 0.29) is 13.0 Å². The van der Waals surface area contributed by atoms with Crippen molar-refractivity contribution in [3.63, 3.8) is 0 Å². The third kappa shape index (κ3) is 4.48. The second-order valence-corrected chi connectivity index (χ2v) is 8.25. The van der Waals surface area contributed by atoms with Crippen molar-refractivity contribution < 1.29 is 13.2 Å². The van der Waals surface area contributed by atoms with Crippen LogP contribution in [0.15, 0.2) is 66.7 Å². The third-order valence-corrected chi connectivity index (χ3v) is 5.37. The lowest BCUT2D eigenvalue weighted by atomic mass is 10.1. The van der Waals surface area contributed by atoms with E-state index in [1.165, 1.54) is 0 Å². The van der Waals surface area contributed by atoms with E-state index < -0.39 is 15.9 Å². The third-order valence-electron chi connectivity index (χ3n) is 4.24. The van der Waals surface area contributed by atoms with Crippen LogP contribution in [0.25, 0.3) is 10.8 Å². The molecule has 0 fully saturated rings. The SMILES string of the molecule is CS(=O)(=O)N(CC(=O)Nc1ccc(CC#N)cc1)c1cccc2ccccc12. The maximum Gasteiger partial charge on any atom is 0.245 e. The number of amides is 1. The van der Waals surface area contributed by atoms with Gasteiger partial charge in [0.1, 0.15) is 6.54 Å². The summed E-state index contributed by atoms with van der Waals surface area (Å²) in [5, 5.41) is 13.1. The molecule has 0 aromatic heterocycles. The lowest BCUT2D eigenvalue weighted by Crippen LogP contribution is -2.37. The van der Waals surface area contributed by atoms with Crippen LogP contribution in [0, 0.1) is 11.3 Å². The quantitative estimate of drug-likeness (QED) is 0.696. The van der Waals surface area contributed by atoms with Gasteiger partial charge in [0.2, 0.25) is 15.9 Å². The molecular formula is C21H19N3O3S. The van der Waals surface area contributed by atoms with Crippen molar-refractivity contribution in [2.75, 3.05) is 22.4 Å². The van der Waals surface area contributed by atoms with Crippen LogP contribution in [-0.4, -0.2) is 27.1 Å². The van der Waals surface area contributed by atoms with E-state index in [2.05, 4.69) is 11.4 Å². The van der Waals surface area contributed by atoms with Gasteiger partial charge in [0.25, 0.3) is 0 Å². The maximum absolute atomic E-state index is 12.5. The summed E-state index contributed by atoms with van der Waals surface area (Å²) >= 11 is 0. The van der Waals surface area contributed by atoms with E-state index >= 15 is 0 Å². The van der Waals surface area contributed by atoms with Gasteiger partial charge in [-0.05, 0) is 29.1 Å². The molecule has 0 aliphatic heterocycles. The summed E-state index contributed by atoms with van der Waals surface area (Å²) in [4.78, 5) is 12.5. The topological polar surface area (TPSA) is 90.3 Å². The zero-order valence-electron chi connectivity index (χ0n) is 15.3. The smallest absolute Gasteiger partial charge is 0.245 e. The van der Waals surface area contributed by atoms with Gasteiger partial charge in [-0.3, -0.25) is 9.10 Å². The molecule has 0 saturated heterocycles. The second kappa shape index (κ2) is 8.11. The van der Waals surface area contributed by atoms with Crippen LogP contribution < -0.4 is 9.62 Å². The normalized spacial score (nSPS) is 11.0. The molecule has 1 amide bonds. The summed E-state index contributed by atoms with van der Waals surface area (Å²) in [6.07, 6.45) is 1.37. The molecule has 0 aliphatic carbocycles. The van der Waals surface area contributed by atoms with Gasteiger partial charge in [0.15, 0.2) is 0 Å². The maximum atomic E-state index is 12.5. The van der Waals surface area contributed by atoms with Gasteiger partial charge in [-0.25, -0.2) is 8.42 Å². The van der Waals surface area contributed by atoms with Crippen LogP contribution in [0.2, 0.25) is 0 Å². The molecule has 0 saturated carbocycles. The monoisotopic (exact) mass is 393 g/mol. The summed E-state index contributed by atoms with van der Waals surface area (Å²) < 4.78 is 25.9. The minimum Gasteiger partial charge on any atom is -0.325 e. The molecule has 142 valence electrons. The minimum atomic E-state index is -3.67. The Hall–Kier alpha value is -3.37. The number of fused-ring (bicyclic) bond motifs is 1. The molecule has 3 aromatic carbocycles. The van der Waals surface area contributed by atoms with Crippen LogP contribution in [0.4, 0.5) is 11.4 Å². The van der Waals surface area contributed by atoms with Gasteiger partial charge in [-0.15, -0.1) is 0 Å². The first-order chi connectivity index (χ1) is 13.4. The second-order valence-electron chi connectivity index (χ2n) is 6.35. The zero-order valence-corrected chi connectivity index (χ0v) is 16.1. The van der Waals surface area contributed by atoms with E-state index in [0.717, 1.165) is 26.9 Å². The van der Waals surface area contributed by atoms with E-state index in [1.807, 2.05) is 30.3 Å². The number of carbonyl (C=O) groups is 1. The van der Waals surface area contributed by atoms with Crippen molar-refractivity contribution in [2.24, 2.45) is 0 Å². The van der Waals surface area contributed by atoms with E-state index in [0.29, 0.717) is 11.4 Å². The molecule has 28 heavy (non-hydrogen) atoms. The lowest BCUT2D eigenvalue weighted by molar-refractivity contribution is -0.114. The molecule has 0 unspecified atom stereocenters. The molecule has 0 radical (unpaired) electrons. The summed E-state index contributed by atoms with van der Waals surface area (Å²) in [6.45, 7) is -0.340. The number of nitriles is 1. The molecule has 0 heterocycles. The van der Waals surface area contributed by atoms with Crippen molar-refractivity contribution in [3.05, 3.63) is 72.3 Å². The number of hydrogen-bond donors (Lipinski definition) is 1. The Morgan fingerprint density at radius 1 is 1.04 bits per heavy atom. The first-order valence-corrected chi connectivity index (χ1v) is 10.4. The number of nitrogens with one attached hydrogen (secondary N) is 1. The summed E-state index contributed by atoms with van der Waals surface area (Å²) in [7, 11) is -3.67. The highest BCUT2D eigenvalue weighted by Gasteiger charge is 2.22. The van der Waals surface area contributed by atoms with Crippen molar-refractivity contribution in [1.82, 2.24) is 0 Å². The predicted octanol–water partition coefficient (Wildman–Crippen LogP) is 3.31. The van der Waals surface area contributed by atoms with Crippen LogP contribution >= 0.6 is 0 Å². The Morgan fingerprint density at radius 3 is 2.39 bits per heavy atom. The highest BCUT2D eigenvalue weighted by Crippen LogP contribution is 2.28. The fraction of sp³-hybridized carbons (Fsp3) is 0.143. The highest BCUT2D eigenvalue weighted by molar-refractivity contribution is 7.92. The van der Waals surface area contributed by atoms with Crippen LogP contribution in [0.3, 0.4) is 0 Å². The number of rotatable bonds is 6. The minimum absolute atomic E-state index is 0.289. The lowest BCUT2D eigenvalue weighted by Gasteiger charge is -2.23.